The van der Waals surface area contributed by atoms with E-state index < -0.39 is 5.82 Å². The van der Waals surface area contributed by atoms with Crippen LogP contribution >= 0.6 is 11.6 Å². The Bertz CT molecular complexity index is 363. The second-order valence-corrected chi connectivity index (χ2v) is 3.45. The van der Waals surface area contributed by atoms with E-state index in [1.54, 1.807) is 6.07 Å². The number of nitrogens with one attached hydrogen (secondary N) is 1. The Labute approximate surface area is 85.5 Å². The first-order valence-electron chi connectivity index (χ1n) is 4.18. The maximum absolute atomic E-state index is 13.0. The van der Waals surface area contributed by atoms with Crippen LogP contribution in [0.1, 0.15) is 0 Å². The molecule has 1 N–H and O–H groups in total. The van der Waals surface area contributed by atoms with Crippen LogP contribution in [0.15, 0.2) is 18.2 Å². The maximum atomic E-state index is 13.0. The van der Waals surface area contributed by atoms with Gasteiger partial charge in [0, 0.05) is 23.8 Å². The lowest BCUT2D eigenvalue weighted by Gasteiger charge is -2.14. The van der Waals surface area contributed by atoms with Crippen LogP contribution in [0.5, 0.6) is 0 Å². The van der Waals surface area contributed by atoms with Crippen molar-refractivity contribution in [3.05, 3.63) is 29.0 Å². The van der Waals surface area contributed by atoms with Gasteiger partial charge in [0.15, 0.2) is 0 Å². The van der Waals surface area contributed by atoms with Crippen molar-refractivity contribution < 1.29 is 9.18 Å². The number of halogens is 2. The summed E-state index contributed by atoms with van der Waals surface area (Å²) in [6.07, 6.45) is 0. The largest absolute Gasteiger partial charge is 0.336 e. The highest BCUT2D eigenvalue weighted by molar-refractivity contribution is 6.30. The molecule has 0 radical (unpaired) electrons. The quantitative estimate of drug-likeness (QED) is 0.762. The van der Waals surface area contributed by atoms with Crippen LogP contribution in [0, 0.1) is 5.82 Å². The molecule has 0 bridgehead atoms. The molecule has 3 nitrogen and oxygen atoms in total. The van der Waals surface area contributed by atoms with E-state index in [-0.39, 0.29) is 6.03 Å². The molecule has 14 heavy (non-hydrogen) atoms. The normalized spacial score (nSPS) is 15.9. The summed E-state index contributed by atoms with van der Waals surface area (Å²) in [7, 11) is 0. The van der Waals surface area contributed by atoms with Crippen LogP contribution in [-0.4, -0.2) is 19.1 Å². The number of urea groups is 1. The predicted octanol–water partition coefficient (Wildman–Crippen LogP) is 2.01. The van der Waals surface area contributed by atoms with Crippen molar-refractivity contribution >= 4 is 23.3 Å². The first kappa shape index (κ1) is 9.27. The molecule has 0 unspecified atom stereocenters. The van der Waals surface area contributed by atoms with Gasteiger partial charge in [0.1, 0.15) is 5.82 Å². The molecule has 1 heterocycles. The highest BCUT2D eigenvalue weighted by atomic mass is 35.5. The molecule has 1 fully saturated rings. The van der Waals surface area contributed by atoms with Crippen LogP contribution in [0.25, 0.3) is 0 Å². The van der Waals surface area contributed by atoms with Crippen molar-refractivity contribution in [3.8, 4) is 0 Å². The number of hydrogen-bond acceptors (Lipinski definition) is 1. The minimum absolute atomic E-state index is 0.216. The molecule has 2 amide bonds. The topological polar surface area (TPSA) is 32.3 Å². The number of hydrogen-bond donors (Lipinski definition) is 1. The minimum Gasteiger partial charge on any atom is -0.336 e. The Balaban J connectivity index is 2.35. The Morgan fingerprint density at radius 2 is 2.21 bits per heavy atom. The average molecular weight is 215 g/mol. The van der Waals surface area contributed by atoms with Crippen molar-refractivity contribution in [1.82, 2.24) is 5.32 Å². The zero-order valence-electron chi connectivity index (χ0n) is 7.26. The molecular weight excluding hydrogens is 207 g/mol. The summed E-state index contributed by atoms with van der Waals surface area (Å²) in [5.41, 5.74) is 0.491. The molecule has 5 heteroatoms. The van der Waals surface area contributed by atoms with Gasteiger partial charge in [0.25, 0.3) is 0 Å². The molecule has 1 saturated heterocycles. The zero-order valence-corrected chi connectivity index (χ0v) is 8.01. The predicted molar refractivity (Wildman–Crippen MR) is 52.2 cm³/mol. The monoisotopic (exact) mass is 214 g/mol. The second-order valence-electron chi connectivity index (χ2n) is 3.01. The smallest absolute Gasteiger partial charge is 0.321 e. The summed E-state index contributed by atoms with van der Waals surface area (Å²) < 4.78 is 13.0. The standard InChI is InChI=1S/C9H8ClFN2O/c10-6-3-7(11)5-8(4-6)13-2-1-12-9(13)14/h3-5H,1-2H2,(H,12,14). The van der Waals surface area contributed by atoms with Gasteiger partial charge in [-0.25, -0.2) is 9.18 Å². The van der Waals surface area contributed by atoms with Crippen LogP contribution in [0.4, 0.5) is 14.9 Å². The highest BCUT2D eigenvalue weighted by Gasteiger charge is 2.21. The third kappa shape index (κ3) is 1.65. The van der Waals surface area contributed by atoms with Gasteiger partial charge in [-0.2, -0.15) is 0 Å². The van der Waals surface area contributed by atoms with E-state index in [2.05, 4.69) is 5.32 Å². The summed E-state index contributed by atoms with van der Waals surface area (Å²) in [5.74, 6) is -0.438. The van der Waals surface area contributed by atoms with Gasteiger partial charge in [0.2, 0.25) is 0 Å². The lowest BCUT2D eigenvalue weighted by Crippen LogP contribution is -2.27. The summed E-state index contributed by atoms with van der Waals surface area (Å²) in [6.45, 7) is 1.12. The van der Waals surface area contributed by atoms with Gasteiger partial charge in [-0.1, -0.05) is 11.6 Å². The molecular formula is C9H8ClFN2O. The molecule has 0 atom stereocenters. The molecule has 74 valence electrons. The van der Waals surface area contributed by atoms with Crippen molar-refractivity contribution in [1.29, 1.82) is 0 Å². The van der Waals surface area contributed by atoms with Crippen LogP contribution in [0.3, 0.4) is 0 Å². The van der Waals surface area contributed by atoms with Gasteiger partial charge in [-0.3, -0.25) is 4.90 Å². The van der Waals surface area contributed by atoms with E-state index in [4.69, 9.17) is 11.6 Å². The number of amides is 2. The molecule has 0 aromatic heterocycles. The van der Waals surface area contributed by atoms with Crippen LogP contribution in [-0.2, 0) is 0 Å². The fraction of sp³-hybridized carbons (Fsp3) is 0.222. The molecule has 1 aliphatic heterocycles. The average Bonchev–Trinajstić information content (AvgIpc) is 2.49. The fourth-order valence-electron chi connectivity index (χ4n) is 1.41. The third-order valence-corrected chi connectivity index (χ3v) is 2.23. The molecule has 2 rings (SSSR count). The second kappa shape index (κ2) is 3.46. The van der Waals surface area contributed by atoms with Gasteiger partial charge >= 0.3 is 6.03 Å². The SMILES string of the molecule is O=C1NCCN1c1cc(F)cc(Cl)c1. The number of anilines is 1. The Kier molecular flexibility index (Phi) is 2.29. The number of benzene rings is 1. The van der Waals surface area contributed by atoms with E-state index in [9.17, 15) is 9.18 Å². The van der Waals surface area contributed by atoms with Gasteiger partial charge < -0.3 is 5.32 Å². The summed E-state index contributed by atoms with van der Waals surface area (Å²) in [5, 5.41) is 2.92. The Hall–Kier alpha value is -1.29. The van der Waals surface area contributed by atoms with E-state index in [1.165, 1.54) is 17.0 Å². The number of carbonyl (C=O) groups excluding carboxylic acids is 1. The third-order valence-electron chi connectivity index (χ3n) is 2.02. The van der Waals surface area contributed by atoms with E-state index in [1.807, 2.05) is 0 Å². The van der Waals surface area contributed by atoms with Crippen molar-refractivity contribution in [3.63, 3.8) is 0 Å². The number of nitrogens with zero attached hydrogens (tertiary/aromatic N) is 1. The number of rotatable bonds is 1. The van der Waals surface area contributed by atoms with Gasteiger partial charge in [-0.15, -0.1) is 0 Å². The summed E-state index contributed by atoms with van der Waals surface area (Å²) in [4.78, 5) is 12.7. The first-order chi connectivity index (χ1) is 6.66. The first-order valence-corrected chi connectivity index (χ1v) is 4.56. The lowest BCUT2D eigenvalue weighted by molar-refractivity contribution is 0.252. The summed E-state index contributed by atoms with van der Waals surface area (Å²) >= 11 is 5.68. The lowest BCUT2D eigenvalue weighted by atomic mass is 10.3. The zero-order chi connectivity index (χ0) is 10.1. The van der Waals surface area contributed by atoms with Gasteiger partial charge in [0.05, 0.1) is 0 Å². The number of carbonyl (C=O) groups is 1. The Morgan fingerprint density at radius 1 is 1.43 bits per heavy atom. The van der Waals surface area contributed by atoms with E-state index >= 15 is 0 Å². The Morgan fingerprint density at radius 3 is 2.79 bits per heavy atom. The van der Waals surface area contributed by atoms with Crippen molar-refractivity contribution in [2.75, 3.05) is 18.0 Å². The van der Waals surface area contributed by atoms with Crippen molar-refractivity contribution in [2.45, 2.75) is 0 Å². The minimum atomic E-state index is -0.438. The van der Waals surface area contributed by atoms with E-state index in [0.717, 1.165) is 0 Å². The van der Waals surface area contributed by atoms with Crippen LogP contribution in [0.2, 0.25) is 5.02 Å². The highest BCUT2D eigenvalue weighted by Crippen LogP contribution is 2.22. The molecule has 1 aromatic carbocycles. The summed E-state index contributed by atoms with van der Waals surface area (Å²) in [6, 6.07) is 3.84. The molecule has 0 saturated carbocycles. The molecule has 1 aromatic rings. The van der Waals surface area contributed by atoms with Crippen LogP contribution < -0.4 is 10.2 Å². The fourth-order valence-corrected chi connectivity index (χ4v) is 1.63. The maximum Gasteiger partial charge on any atom is 0.321 e. The van der Waals surface area contributed by atoms with Gasteiger partial charge in [-0.05, 0) is 18.2 Å². The molecule has 0 aliphatic carbocycles. The van der Waals surface area contributed by atoms with E-state index in [0.29, 0.717) is 23.8 Å². The van der Waals surface area contributed by atoms with Crippen molar-refractivity contribution in [2.24, 2.45) is 0 Å². The molecule has 0 spiro atoms. The molecule has 1 aliphatic rings.